The summed E-state index contributed by atoms with van der Waals surface area (Å²) in [6.45, 7) is 1.02. The van der Waals surface area contributed by atoms with Crippen molar-refractivity contribution in [2.75, 3.05) is 13.1 Å². The molecule has 1 heterocycles. The molecular weight excluding hydrogens is 250 g/mol. The summed E-state index contributed by atoms with van der Waals surface area (Å²) in [4.78, 5) is 13.5. The fourth-order valence-corrected chi connectivity index (χ4v) is 2.66. The predicted molar refractivity (Wildman–Crippen MR) is 79.5 cm³/mol. The van der Waals surface area contributed by atoms with Crippen molar-refractivity contribution in [3.63, 3.8) is 0 Å². The molecule has 104 valence electrons. The number of fused-ring (bicyclic) bond motifs is 1. The molecule has 0 bridgehead atoms. The van der Waals surface area contributed by atoms with Gasteiger partial charge in [-0.25, -0.2) is 0 Å². The number of nitrogens with zero attached hydrogens (tertiary/aromatic N) is 1. The quantitative estimate of drug-likeness (QED) is 0.925. The molecule has 3 rings (SSSR count). The number of likely N-dealkylation sites (tertiary alicyclic amines) is 1. The predicted octanol–water partition coefficient (Wildman–Crippen LogP) is 2.37. The molecule has 1 fully saturated rings. The normalized spacial score (nSPS) is 15.3. The molecular formula is C17H19NO2. The smallest absolute Gasteiger partial charge is 0.222 e. The largest absolute Gasteiger partial charge is 0.389 e. The van der Waals surface area contributed by atoms with Gasteiger partial charge in [-0.05, 0) is 29.2 Å². The summed E-state index contributed by atoms with van der Waals surface area (Å²) >= 11 is 0. The fraction of sp³-hybridized carbons (Fsp3) is 0.353. The van der Waals surface area contributed by atoms with E-state index >= 15 is 0 Å². The topological polar surface area (TPSA) is 40.5 Å². The zero-order valence-electron chi connectivity index (χ0n) is 11.5. The number of hydrogen-bond acceptors (Lipinski definition) is 2. The highest BCUT2D eigenvalue weighted by Crippen LogP contribution is 2.17. The monoisotopic (exact) mass is 269 g/mol. The van der Waals surface area contributed by atoms with Crippen LogP contribution in [0.4, 0.5) is 0 Å². The molecule has 1 aliphatic rings. The molecule has 20 heavy (non-hydrogen) atoms. The number of carbonyl (C=O) groups excluding carboxylic acids is 1. The molecule has 1 saturated heterocycles. The van der Waals surface area contributed by atoms with Crippen LogP contribution in [-0.2, 0) is 11.2 Å². The molecule has 3 heteroatoms. The Morgan fingerprint density at radius 3 is 2.65 bits per heavy atom. The minimum absolute atomic E-state index is 0.163. The lowest BCUT2D eigenvalue weighted by Crippen LogP contribution is -2.53. The van der Waals surface area contributed by atoms with E-state index in [1.165, 1.54) is 16.3 Å². The maximum atomic E-state index is 11.8. The van der Waals surface area contributed by atoms with Crippen molar-refractivity contribution in [1.82, 2.24) is 4.90 Å². The minimum atomic E-state index is -0.306. The third-order valence-corrected chi connectivity index (χ3v) is 3.88. The van der Waals surface area contributed by atoms with Crippen molar-refractivity contribution in [3.8, 4) is 0 Å². The zero-order valence-corrected chi connectivity index (χ0v) is 11.5. The summed E-state index contributed by atoms with van der Waals surface area (Å²) in [5, 5.41) is 11.7. The summed E-state index contributed by atoms with van der Waals surface area (Å²) in [7, 11) is 0. The highest BCUT2D eigenvalue weighted by atomic mass is 16.3. The number of aliphatic hydroxyl groups excluding tert-OH is 1. The Bertz CT molecular complexity index is 617. The highest BCUT2D eigenvalue weighted by Gasteiger charge is 2.27. The van der Waals surface area contributed by atoms with Gasteiger partial charge in [-0.1, -0.05) is 42.5 Å². The van der Waals surface area contributed by atoms with Crippen molar-refractivity contribution < 1.29 is 9.90 Å². The van der Waals surface area contributed by atoms with Gasteiger partial charge in [0.05, 0.1) is 6.10 Å². The Kier molecular flexibility index (Phi) is 3.70. The van der Waals surface area contributed by atoms with Crippen LogP contribution in [0.15, 0.2) is 42.5 Å². The summed E-state index contributed by atoms with van der Waals surface area (Å²) < 4.78 is 0. The van der Waals surface area contributed by atoms with Gasteiger partial charge in [0.25, 0.3) is 0 Å². The average Bonchev–Trinajstić information content (AvgIpc) is 2.43. The Morgan fingerprint density at radius 2 is 1.90 bits per heavy atom. The molecule has 0 unspecified atom stereocenters. The number of amides is 1. The molecule has 0 spiro atoms. The van der Waals surface area contributed by atoms with Crippen LogP contribution >= 0.6 is 0 Å². The van der Waals surface area contributed by atoms with Crippen molar-refractivity contribution >= 4 is 16.7 Å². The molecule has 0 aromatic heterocycles. The van der Waals surface area contributed by atoms with E-state index in [1.54, 1.807) is 4.90 Å². The van der Waals surface area contributed by atoms with Crippen LogP contribution in [0.5, 0.6) is 0 Å². The second kappa shape index (κ2) is 5.63. The second-order valence-corrected chi connectivity index (χ2v) is 5.49. The molecule has 2 aromatic rings. The molecule has 0 radical (unpaired) electrons. The highest BCUT2D eigenvalue weighted by molar-refractivity contribution is 5.83. The van der Waals surface area contributed by atoms with E-state index in [0.717, 1.165) is 12.8 Å². The molecule has 1 amide bonds. The summed E-state index contributed by atoms with van der Waals surface area (Å²) in [6.07, 6.45) is 2.05. The van der Waals surface area contributed by atoms with Gasteiger partial charge in [-0.2, -0.15) is 0 Å². The van der Waals surface area contributed by atoms with E-state index < -0.39 is 0 Å². The van der Waals surface area contributed by atoms with Crippen LogP contribution in [0.25, 0.3) is 10.8 Å². The van der Waals surface area contributed by atoms with Crippen molar-refractivity contribution in [3.05, 3.63) is 48.0 Å². The maximum Gasteiger partial charge on any atom is 0.222 e. The van der Waals surface area contributed by atoms with Gasteiger partial charge in [0.2, 0.25) is 5.91 Å². The molecule has 0 atom stereocenters. The van der Waals surface area contributed by atoms with Gasteiger partial charge in [-0.15, -0.1) is 0 Å². The van der Waals surface area contributed by atoms with E-state index in [9.17, 15) is 9.90 Å². The van der Waals surface area contributed by atoms with E-state index in [-0.39, 0.29) is 12.0 Å². The van der Waals surface area contributed by atoms with Crippen molar-refractivity contribution in [1.29, 1.82) is 0 Å². The van der Waals surface area contributed by atoms with Gasteiger partial charge >= 0.3 is 0 Å². The fourth-order valence-electron chi connectivity index (χ4n) is 2.66. The van der Waals surface area contributed by atoms with Crippen LogP contribution in [-0.4, -0.2) is 35.1 Å². The van der Waals surface area contributed by atoms with Gasteiger partial charge in [0.1, 0.15) is 0 Å². The summed E-state index contributed by atoms with van der Waals surface area (Å²) in [6, 6.07) is 14.8. The molecule has 0 aliphatic carbocycles. The second-order valence-electron chi connectivity index (χ2n) is 5.49. The first-order chi connectivity index (χ1) is 9.72. The Labute approximate surface area is 118 Å². The van der Waals surface area contributed by atoms with Crippen molar-refractivity contribution in [2.24, 2.45) is 0 Å². The molecule has 1 aliphatic heterocycles. The maximum absolute atomic E-state index is 11.8. The number of carbonyl (C=O) groups is 1. The molecule has 3 nitrogen and oxygen atoms in total. The van der Waals surface area contributed by atoms with Crippen LogP contribution < -0.4 is 0 Å². The lowest BCUT2D eigenvalue weighted by atomic mass is 10.0. The van der Waals surface area contributed by atoms with Crippen LogP contribution in [0.2, 0.25) is 0 Å². The molecule has 0 saturated carbocycles. The van der Waals surface area contributed by atoms with Gasteiger partial charge in [0, 0.05) is 19.5 Å². The number of benzene rings is 2. The zero-order chi connectivity index (χ0) is 13.9. The summed E-state index contributed by atoms with van der Waals surface area (Å²) in [5.41, 5.74) is 1.28. The third-order valence-electron chi connectivity index (χ3n) is 3.88. The first kappa shape index (κ1) is 13.1. The SMILES string of the molecule is O=C(CCCc1ccc2ccccc2c1)N1CC(O)C1. The van der Waals surface area contributed by atoms with Crippen LogP contribution in [0.1, 0.15) is 18.4 Å². The van der Waals surface area contributed by atoms with Crippen LogP contribution in [0.3, 0.4) is 0 Å². The van der Waals surface area contributed by atoms with Crippen LogP contribution in [0, 0.1) is 0 Å². The van der Waals surface area contributed by atoms with Gasteiger partial charge < -0.3 is 10.0 Å². The first-order valence-electron chi connectivity index (χ1n) is 7.16. The number of β-amino-alcohol motifs (C(OH)–C–C–N with tert-alkyl or cyclic N) is 1. The van der Waals surface area contributed by atoms with E-state index in [2.05, 4.69) is 30.3 Å². The third kappa shape index (κ3) is 2.83. The molecule has 2 aromatic carbocycles. The average molecular weight is 269 g/mol. The summed E-state index contributed by atoms with van der Waals surface area (Å²) in [5.74, 6) is 0.163. The Morgan fingerprint density at radius 1 is 1.15 bits per heavy atom. The van der Waals surface area contributed by atoms with E-state index in [4.69, 9.17) is 0 Å². The first-order valence-corrected chi connectivity index (χ1v) is 7.16. The standard InChI is InChI=1S/C17H19NO2/c19-16-11-18(12-16)17(20)7-3-4-13-8-9-14-5-1-2-6-15(14)10-13/h1-2,5-6,8-10,16,19H,3-4,7,11-12H2. The minimum Gasteiger partial charge on any atom is -0.389 e. The van der Waals surface area contributed by atoms with E-state index in [0.29, 0.717) is 19.5 Å². The number of aliphatic hydroxyl groups is 1. The Balaban J connectivity index is 1.53. The number of rotatable bonds is 4. The lowest BCUT2D eigenvalue weighted by molar-refractivity contribution is -0.141. The van der Waals surface area contributed by atoms with Gasteiger partial charge in [0.15, 0.2) is 0 Å². The number of aryl methyl sites for hydroxylation is 1. The lowest BCUT2D eigenvalue weighted by Gasteiger charge is -2.35. The van der Waals surface area contributed by atoms with Crippen molar-refractivity contribution in [2.45, 2.75) is 25.4 Å². The Hall–Kier alpha value is -1.87. The number of hydrogen-bond donors (Lipinski definition) is 1. The molecule has 1 N–H and O–H groups in total. The van der Waals surface area contributed by atoms with E-state index in [1.807, 2.05) is 12.1 Å². The van der Waals surface area contributed by atoms with Gasteiger partial charge in [-0.3, -0.25) is 4.79 Å².